The number of nitrogens with zero attached hydrogens (tertiary/aromatic N) is 2. The number of ether oxygens (including phenoxy) is 2. The summed E-state index contributed by atoms with van der Waals surface area (Å²) >= 11 is 0. The predicted molar refractivity (Wildman–Crippen MR) is 114 cm³/mol. The number of hydrogen-bond acceptors (Lipinski definition) is 4. The molecule has 28 heavy (non-hydrogen) atoms. The lowest BCUT2D eigenvalue weighted by Gasteiger charge is -2.42. The Morgan fingerprint density at radius 3 is 2.57 bits per heavy atom. The topological polar surface area (TPSA) is 58.1 Å². The van der Waals surface area contributed by atoms with Gasteiger partial charge in [-0.1, -0.05) is 36.8 Å². The molecular weight excluding hydrogens is 352 g/mol. The van der Waals surface area contributed by atoms with Crippen LogP contribution in [0.2, 0.25) is 0 Å². The molecule has 1 saturated carbocycles. The van der Waals surface area contributed by atoms with Gasteiger partial charge in [-0.25, -0.2) is 0 Å². The Balaban J connectivity index is 1.56. The molecule has 0 amide bonds. The van der Waals surface area contributed by atoms with Crippen molar-refractivity contribution in [3.05, 3.63) is 35.9 Å². The predicted octanol–water partition coefficient (Wildman–Crippen LogP) is 2.43. The van der Waals surface area contributed by atoms with Crippen LogP contribution in [0.5, 0.6) is 0 Å². The highest BCUT2D eigenvalue weighted by Crippen LogP contribution is 2.43. The lowest BCUT2D eigenvalue weighted by Crippen LogP contribution is -2.49. The fourth-order valence-corrected chi connectivity index (χ4v) is 4.22. The van der Waals surface area contributed by atoms with Gasteiger partial charge in [-0.3, -0.25) is 9.89 Å². The summed E-state index contributed by atoms with van der Waals surface area (Å²) in [4.78, 5) is 6.97. The van der Waals surface area contributed by atoms with Crippen molar-refractivity contribution >= 4 is 5.96 Å². The van der Waals surface area contributed by atoms with E-state index in [1.807, 2.05) is 7.05 Å². The Morgan fingerprint density at radius 2 is 1.96 bits per heavy atom. The third-order valence-electron chi connectivity index (χ3n) is 6.24. The average molecular weight is 389 g/mol. The molecule has 2 aliphatic rings. The highest BCUT2D eigenvalue weighted by Gasteiger charge is 2.36. The van der Waals surface area contributed by atoms with Crippen LogP contribution < -0.4 is 10.6 Å². The Hall–Kier alpha value is -1.63. The van der Waals surface area contributed by atoms with Crippen molar-refractivity contribution in [3.8, 4) is 0 Å². The highest BCUT2D eigenvalue weighted by atomic mass is 16.5. The SMILES string of the molecule is CN=C(NCC(c1ccccc1)N1CCOCC1)NCC1(CCOC)CCC1. The Bertz CT molecular complexity index is 598. The molecule has 6 heteroatoms. The molecule has 2 fully saturated rings. The zero-order chi connectivity index (χ0) is 19.7. The summed E-state index contributed by atoms with van der Waals surface area (Å²) in [6.45, 7) is 6.16. The molecule has 3 rings (SSSR count). The molecule has 6 nitrogen and oxygen atoms in total. The molecule has 0 spiro atoms. The molecule has 1 saturated heterocycles. The summed E-state index contributed by atoms with van der Waals surface area (Å²) in [6, 6.07) is 11.1. The average Bonchev–Trinajstić information content (AvgIpc) is 2.73. The maximum absolute atomic E-state index is 5.55. The van der Waals surface area contributed by atoms with Crippen molar-refractivity contribution in [1.29, 1.82) is 0 Å². The van der Waals surface area contributed by atoms with Gasteiger partial charge in [0.1, 0.15) is 0 Å². The summed E-state index contributed by atoms with van der Waals surface area (Å²) in [5.41, 5.74) is 1.71. The third-order valence-corrected chi connectivity index (χ3v) is 6.24. The van der Waals surface area contributed by atoms with Crippen LogP contribution in [0, 0.1) is 5.41 Å². The number of nitrogens with one attached hydrogen (secondary N) is 2. The monoisotopic (exact) mass is 388 g/mol. The first-order chi connectivity index (χ1) is 13.8. The van der Waals surface area contributed by atoms with E-state index >= 15 is 0 Å². The number of guanidine groups is 1. The first-order valence-corrected chi connectivity index (χ1v) is 10.6. The number of methoxy groups -OCH3 is 1. The lowest BCUT2D eigenvalue weighted by atomic mass is 9.67. The van der Waals surface area contributed by atoms with Crippen molar-refractivity contribution < 1.29 is 9.47 Å². The van der Waals surface area contributed by atoms with E-state index in [0.717, 1.165) is 58.4 Å². The van der Waals surface area contributed by atoms with Crippen LogP contribution in [0.1, 0.15) is 37.3 Å². The first kappa shape index (κ1) is 21.1. The van der Waals surface area contributed by atoms with Crippen LogP contribution >= 0.6 is 0 Å². The van der Waals surface area contributed by atoms with Gasteiger partial charge >= 0.3 is 0 Å². The Kier molecular flexibility index (Phi) is 8.13. The van der Waals surface area contributed by atoms with Crippen LogP contribution in [-0.2, 0) is 9.47 Å². The van der Waals surface area contributed by atoms with Gasteiger partial charge in [0.05, 0.1) is 19.3 Å². The maximum Gasteiger partial charge on any atom is 0.191 e. The molecular formula is C22H36N4O2. The molecule has 1 atom stereocenters. The van der Waals surface area contributed by atoms with E-state index in [1.165, 1.54) is 24.8 Å². The van der Waals surface area contributed by atoms with Crippen molar-refractivity contribution in [2.24, 2.45) is 10.4 Å². The Labute approximate surface area is 169 Å². The smallest absolute Gasteiger partial charge is 0.191 e. The van der Waals surface area contributed by atoms with Crippen LogP contribution in [0.4, 0.5) is 0 Å². The van der Waals surface area contributed by atoms with Gasteiger partial charge in [0.25, 0.3) is 0 Å². The summed E-state index contributed by atoms with van der Waals surface area (Å²) < 4.78 is 10.9. The van der Waals surface area contributed by atoms with E-state index in [-0.39, 0.29) is 0 Å². The zero-order valence-corrected chi connectivity index (χ0v) is 17.5. The molecule has 1 heterocycles. The summed E-state index contributed by atoms with van der Waals surface area (Å²) in [6.07, 6.45) is 5.00. The van der Waals surface area contributed by atoms with Gasteiger partial charge in [0, 0.05) is 46.9 Å². The van der Waals surface area contributed by atoms with E-state index < -0.39 is 0 Å². The third kappa shape index (κ3) is 5.69. The van der Waals surface area contributed by atoms with Crippen LogP contribution in [-0.4, -0.2) is 71.0 Å². The van der Waals surface area contributed by atoms with Gasteiger partial charge < -0.3 is 20.1 Å². The highest BCUT2D eigenvalue weighted by molar-refractivity contribution is 5.79. The van der Waals surface area contributed by atoms with Crippen molar-refractivity contribution in [2.75, 3.05) is 60.2 Å². The molecule has 0 bridgehead atoms. The lowest BCUT2D eigenvalue weighted by molar-refractivity contribution is 0.0169. The van der Waals surface area contributed by atoms with Crippen molar-refractivity contribution in [2.45, 2.75) is 31.7 Å². The van der Waals surface area contributed by atoms with E-state index in [1.54, 1.807) is 7.11 Å². The second kappa shape index (κ2) is 10.8. The van der Waals surface area contributed by atoms with E-state index in [9.17, 15) is 0 Å². The molecule has 1 aromatic rings. The molecule has 1 aliphatic carbocycles. The van der Waals surface area contributed by atoms with Gasteiger partial charge in [0.2, 0.25) is 0 Å². The van der Waals surface area contributed by atoms with Crippen molar-refractivity contribution in [1.82, 2.24) is 15.5 Å². The molecule has 0 radical (unpaired) electrons. The van der Waals surface area contributed by atoms with Gasteiger partial charge in [-0.15, -0.1) is 0 Å². The minimum atomic E-state index is 0.315. The number of morpholine rings is 1. The second-order valence-corrected chi connectivity index (χ2v) is 7.98. The standard InChI is InChI=1S/C22H36N4O2/c1-23-21(25-18-22(9-6-10-22)11-14-27-2)24-17-20(19-7-4-3-5-8-19)26-12-15-28-16-13-26/h3-5,7-8,20H,6,9-18H2,1-2H3,(H2,23,24,25). The van der Waals surface area contributed by atoms with Gasteiger partial charge in [0.15, 0.2) is 5.96 Å². The van der Waals surface area contributed by atoms with Crippen LogP contribution in [0.15, 0.2) is 35.3 Å². The molecule has 2 N–H and O–H groups in total. The largest absolute Gasteiger partial charge is 0.385 e. The van der Waals surface area contributed by atoms with Crippen molar-refractivity contribution in [3.63, 3.8) is 0 Å². The van der Waals surface area contributed by atoms with Gasteiger partial charge in [-0.05, 0) is 30.2 Å². The summed E-state index contributed by atoms with van der Waals surface area (Å²) in [5, 5.41) is 7.14. The number of hydrogen-bond donors (Lipinski definition) is 2. The maximum atomic E-state index is 5.55. The molecule has 156 valence electrons. The van der Waals surface area contributed by atoms with E-state index in [2.05, 4.69) is 50.9 Å². The molecule has 0 aromatic heterocycles. The Morgan fingerprint density at radius 1 is 1.21 bits per heavy atom. The number of rotatable bonds is 9. The minimum absolute atomic E-state index is 0.315. The first-order valence-electron chi connectivity index (χ1n) is 10.6. The zero-order valence-electron chi connectivity index (χ0n) is 17.5. The van der Waals surface area contributed by atoms with E-state index in [4.69, 9.17) is 9.47 Å². The second-order valence-electron chi connectivity index (χ2n) is 7.98. The summed E-state index contributed by atoms with van der Waals surface area (Å²) in [5.74, 6) is 0.887. The number of aliphatic imine (C=N–C) groups is 1. The molecule has 1 aromatic carbocycles. The van der Waals surface area contributed by atoms with Gasteiger partial charge in [-0.2, -0.15) is 0 Å². The quantitative estimate of drug-likeness (QED) is 0.503. The fraction of sp³-hybridized carbons (Fsp3) is 0.682. The number of benzene rings is 1. The van der Waals surface area contributed by atoms with Crippen LogP contribution in [0.25, 0.3) is 0 Å². The normalized spacial score (nSPS) is 21.0. The molecule has 1 unspecified atom stereocenters. The fourth-order valence-electron chi connectivity index (χ4n) is 4.22. The van der Waals surface area contributed by atoms with E-state index in [0.29, 0.717) is 11.5 Å². The van der Waals surface area contributed by atoms with Crippen LogP contribution in [0.3, 0.4) is 0 Å². The minimum Gasteiger partial charge on any atom is -0.385 e. The molecule has 1 aliphatic heterocycles. The summed E-state index contributed by atoms with van der Waals surface area (Å²) in [7, 11) is 3.64.